The summed E-state index contributed by atoms with van der Waals surface area (Å²) < 4.78 is 1.72. The van der Waals surface area contributed by atoms with Crippen molar-refractivity contribution >= 4 is 5.91 Å². The van der Waals surface area contributed by atoms with E-state index in [1.807, 2.05) is 25.1 Å². The third-order valence-corrected chi connectivity index (χ3v) is 4.22. The zero-order valence-electron chi connectivity index (χ0n) is 12.9. The fraction of sp³-hybridized carbons (Fsp3) is 0.733. The highest BCUT2D eigenvalue weighted by molar-refractivity contribution is 5.92. The summed E-state index contributed by atoms with van der Waals surface area (Å²) in [5.74, 6) is 0.885. The van der Waals surface area contributed by atoms with E-state index in [0.29, 0.717) is 0 Å². The van der Waals surface area contributed by atoms with Crippen molar-refractivity contribution in [2.24, 2.45) is 13.0 Å². The normalized spacial score (nSPS) is 16.6. The minimum atomic E-state index is 0.131. The number of hydrogen-bond donors (Lipinski definition) is 1. The number of amides is 1. The number of nitrogens with zero attached hydrogens (tertiary/aromatic N) is 3. The second kappa shape index (κ2) is 6.88. The van der Waals surface area contributed by atoms with Gasteiger partial charge in [0.1, 0.15) is 5.69 Å². The summed E-state index contributed by atoms with van der Waals surface area (Å²) in [6.45, 7) is 4.88. The van der Waals surface area contributed by atoms with Gasteiger partial charge in [0.2, 0.25) is 0 Å². The van der Waals surface area contributed by atoms with Crippen molar-refractivity contribution in [3.05, 3.63) is 17.5 Å². The maximum absolute atomic E-state index is 12.5. The number of piperidine rings is 1. The van der Waals surface area contributed by atoms with Gasteiger partial charge in [-0.3, -0.25) is 9.48 Å². The lowest BCUT2D eigenvalue weighted by Crippen LogP contribution is -2.39. The Kier molecular flexibility index (Phi) is 5.17. The molecule has 0 atom stereocenters. The van der Waals surface area contributed by atoms with Crippen LogP contribution in [0.15, 0.2) is 6.07 Å². The van der Waals surface area contributed by atoms with Crippen LogP contribution in [0.3, 0.4) is 0 Å². The summed E-state index contributed by atoms with van der Waals surface area (Å²) in [4.78, 5) is 14.5. The Morgan fingerprint density at radius 2 is 2.15 bits per heavy atom. The maximum atomic E-state index is 12.5. The van der Waals surface area contributed by atoms with E-state index in [1.54, 1.807) is 4.68 Å². The van der Waals surface area contributed by atoms with Crippen LogP contribution in [0.4, 0.5) is 0 Å². The standard InChI is InChI=1S/C15H26N4O/c1-4-13-11-14(18(3)17-13)15(20)19-9-6-12(7-10-19)5-8-16-2/h11-12,16H,4-10H2,1-3H3. The van der Waals surface area contributed by atoms with Gasteiger partial charge in [-0.2, -0.15) is 5.10 Å². The van der Waals surface area contributed by atoms with E-state index in [-0.39, 0.29) is 5.91 Å². The molecule has 2 heterocycles. The molecule has 0 bridgehead atoms. The van der Waals surface area contributed by atoms with Gasteiger partial charge in [0, 0.05) is 20.1 Å². The van der Waals surface area contributed by atoms with Gasteiger partial charge < -0.3 is 10.2 Å². The van der Waals surface area contributed by atoms with Crippen LogP contribution in [0.2, 0.25) is 0 Å². The number of nitrogens with one attached hydrogen (secondary N) is 1. The van der Waals surface area contributed by atoms with Crippen LogP contribution in [-0.2, 0) is 13.5 Å². The van der Waals surface area contributed by atoms with Gasteiger partial charge in [-0.1, -0.05) is 6.92 Å². The molecular formula is C15H26N4O. The largest absolute Gasteiger partial charge is 0.337 e. The van der Waals surface area contributed by atoms with Crippen molar-refractivity contribution in [2.75, 3.05) is 26.7 Å². The summed E-state index contributed by atoms with van der Waals surface area (Å²) in [6, 6.07) is 1.93. The lowest BCUT2D eigenvalue weighted by Gasteiger charge is -2.32. The van der Waals surface area contributed by atoms with Crippen molar-refractivity contribution in [3.63, 3.8) is 0 Å². The Morgan fingerprint density at radius 1 is 1.45 bits per heavy atom. The molecule has 0 spiro atoms. The van der Waals surface area contributed by atoms with Crippen LogP contribution < -0.4 is 5.32 Å². The monoisotopic (exact) mass is 278 g/mol. The summed E-state index contributed by atoms with van der Waals surface area (Å²) in [5.41, 5.74) is 1.70. The first-order valence-corrected chi connectivity index (χ1v) is 7.62. The molecule has 1 fully saturated rings. The molecule has 0 aromatic carbocycles. The van der Waals surface area contributed by atoms with Crippen LogP contribution in [-0.4, -0.2) is 47.3 Å². The maximum Gasteiger partial charge on any atom is 0.272 e. The SMILES string of the molecule is CCc1cc(C(=O)N2CCC(CCNC)CC2)n(C)n1. The number of likely N-dealkylation sites (tertiary alicyclic amines) is 1. The van der Waals surface area contributed by atoms with Gasteiger partial charge >= 0.3 is 0 Å². The van der Waals surface area contributed by atoms with Crippen molar-refractivity contribution in [1.82, 2.24) is 20.0 Å². The fourth-order valence-corrected chi connectivity index (χ4v) is 2.83. The quantitative estimate of drug-likeness (QED) is 0.887. The second-order valence-electron chi connectivity index (χ2n) is 5.63. The number of carbonyl (C=O) groups excluding carboxylic acids is 1. The van der Waals surface area contributed by atoms with Gasteiger partial charge in [-0.25, -0.2) is 0 Å². The third-order valence-electron chi connectivity index (χ3n) is 4.22. The van der Waals surface area contributed by atoms with Gasteiger partial charge in [-0.15, -0.1) is 0 Å². The lowest BCUT2D eigenvalue weighted by atomic mass is 9.93. The first-order valence-electron chi connectivity index (χ1n) is 7.62. The van der Waals surface area contributed by atoms with E-state index in [1.165, 1.54) is 6.42 Å². The molecule has 1 saturated heterocycles. The molecule has 5 heteroatoms. The second-order valence-corrected chi connectivity index (χ2v) is 5.63. The van der Waals surface area contributed by atoms with Crippen LogP contribution in [0.1, 0.15) is 42.4 Å². The molecule has 1 N–H and O–H groups in total. The molecule has 0 radical (unpaired) electrons. The molecule has 2 rings (SSSR count). The smallest absolute Gasteiger partial charge is 0.272 e. The van der Waals surface area contributed by atoms with Crippen LogP contribution in [0, 0.1) is 5.92 Å². The zero-order chi connectivity index (χ0) is 14.5. The Morgan fingerprint density at radius 3 is 2.70 bits per heavy atom. The van der Waals surface area contributed by atoms with Gasteiger partial charge in [0.25, 0.3) is 5.91 Å². The van der Waals surface area contributed by atoms with E-state index in [9.17, 15) is 4.79 Å². The number of aryl methyl sites for hydroxylation is 2. The van der Waals surface area contributed by atoms with Gasteiger partial charge in [-0.05, 0) is 51.3 Å². The van der Waals surface area contributed by atoms with E-state index in [4.69, 9.17) is 0 Å². The average molecular weight is 278 g/mol. The highest BCUT2D eigenvalue weighted by atomic mass is 16.2. The highest BCUT2D eigenvalue weighted by Crippen LogP contribution is 2.21. The minimum Gasteiger partial charge on any atom is -0.337 e. The van der Waals surface area contributed by atoms with Crippen molar-refractivity contribution in [1.29, 1.82) is 0 Å². The van der Waals surface area contributed by atoms with Crippen molar-refractivity contribution < 1.29 is 4.79 Å². The minimum absolute atomic E-state index is 0.131. The molecule has 0 unspecified atom stereocenters. The Bertz CT molecular complexity index is 447. The molecule has 1 amide bonds. The predicted molar refractivity (Wildman–Crippen MR) is 79.8 cm³/mol. The Hall–Kier alpha value is -1.36. The molecule has 1 aromatic heterocycles. The molecule has 5 nitrogen and oxygen atoms in total. The number of rotatable bonds is 5. The average Bonchev–Trinajstić information content (AvgIpc) is 2.86. The van der Waals surface area contributed by atoms with Crippen molar-refractivity contribution in [2.45, 2.75) is 32.6 Å². The van der Waals surface area contributed by atoms with Crippen LogP contribution >= 0.6 is 0 Å². The first-order chi connectivity index (χ1) is 9.65. The molecule has 20 heavy (non-hydrogen) atoms. The van der Waals surface area contributed by atoms with E-state index in [2.05, 4.69) is 17.3 Å². The predicted octanol–water partition coefficient (Wildman–Crippen LogP) is 1.44. The van der Waals surface area contributed by atoms with Crippen molar-refractivity contribution in [3.8, 4) is 0 Å². The van der Waals surface area contributed by atoms with E-state index < -0.39 is 0 Å². The van der Waals surface area contributed by atoms with E-state index in [0.717, 1.165) is 56.2 Å². The molecule has 1 aliphatic heterocycles. The number of aromatic nitrogens is 2. The molecule has 112 valence electrons. The Labute approximate surface area is 121 Å². The number of carbonyl (C=O) groups is 1. The molecule has 1 aromatic rings. The molecule has 1 aliphatic rings. The summed E-state index contributed by atoms with van der Waals surface area (Å²) in [7, 11) is 3.85. The Balaban J connectivity index is 1.92. The fourth-order valence-electron chi connectivity index (χ4n) is 2.83. The number of hydrogen-bond acceptors (Lipinski definition) is 3. The molecular weight excluding hydrogens is 252 g/mol. The molecule has 0 aliphatic carbocycles. The first kappa shape index (κ1) is 15.0. The van der Waals surface area contributed by atoms with Gasteiger partial charge in [0.15, 0.2) is 0 Å². The lowest BCUT2D eigenvalue weighted by molar-refractivity contribution is 0.0676. The summed E-state index contributed by atoms with van der Waals surface area (Å²) in [5, 5.41) is 7.56. The van der Waals surface area contributed by atoms with Gasteiger partial charge in [0.05, 0.1) is 5.69 Å². The molecule has 0 saturated carbocycles. The topological polar surface area (TPSA) is 50.2 Å². The highest BCUT2D eigenvalue weighted by Gasteiger charge is 2.25. The van der Waals surface area contributed by atoms with Crippen LogP contribution in [0.5, 0.6) is 0 Å². The summed E-state index contributed by atoms with van der Waals surface area (Å²) >= 11 is 0. The van der Waals surface area contributed by atoms with E-state index >= 15 is 0 Å². The summed E-state index contributed by atoms with van der Waals surface area (Å²) in [6.07, 6.45) is 4.31. The zero-order valence-corrected chi connectivity index (χ0v) is 12.9. The third kappa shape index (κ3) is 3.39. The van der Waals surface area contributed by atoms with Crippen LogP contribution in [0.25, 0.3) is 0 Å².